The van der Waals surface area contributed by atoms with E-state index in [2.05, 4.69) is 4.90 Å². The van der Waals surface area contributed by atoms with Crippen LogP contribution in [0.25, 0.3) is 0 Å². The predicted octanol–water partition coefficient (Wildman–Crippen LogP) is 0.0393. The van der Waals surface area contributed by atoms with Gasteiger partial charge in [0.1, 0.15) is 0 Å². The van der Waals surface area contributed by atoms with E-state index in [1.807, 2.05) is 0 Å². The maximum Gasteiger partial charge on any atom is 0.0208 e. The normalized spacial score (nSPS) is 49.7. The lowest BCUT2D eigenvalue weighted by Gasteiger charge is -2.21. The predicted molar refractivity (Wildman–Crippen MR) is 37.1 cm³/mol. The Hall–Kier alpha value is -0.0800. The van der Waals surface area contributed by atoms with Crippen molar-refractivity contribution in [1.29, 1.82) is 0 Å². The van der Waals surface area contributed by atoms with Gasteiger partial charge in [-0.25, -0.2) is 0 Å². The Morgan fingerprint density at radius 2 is 2.22 bits per heavy atom. The second-order valence-corrected chi connectivity index (χ2v) is 3.33. The van der Waals surface area contributed by atoms with Gasteiger partial charge in [0.15, 0.2) is 0 Å². The number of fused-ring (bicyclic) bond motifs is 2. The van der Waals surface area contributed by atoms with Crippen molar-refractivity contribution in [1.82, 2.24) is 4.90 Å². The molecule has 9 heavy (non-hydrogen) atoms. The molecule has 1 unspecified atom stereocenters. The van der Waals surface area contributed by atoms with Crippen molar-refractivity contribution < 1.29 is 0 Å². The van der Waals surface area contributed by atoms with E-state index in [9.17, 15) is 0 Å². The van der Waals surface area contributed by atoms with Gasteiger partial charge in [-0.2, -0.15) is 0 Å². The van der Waals surface area contributed by atoms with Gasteiger partial charge in [-0.1, -0.05) is 0 Å². The maximum atomic E-state index is 5.88. The highest BCUT2D eigenvalue weighted by atomic mass is 15.2. The molecule has 0 spiro atoms. The number of hydrogen-bond donors (Lipinski definition) is 1. The number of hydrogen-bond acceptors (Lipinski definition) is 2. The molecular weight excluding hydrogens is 112 g/mol. The largest absolute Gasteiger partial charge is 0.326 e. The van der Waals surface area contributed by atoms with Gasteiger partial charge < -0.3 is 10.6 Å². The van der Waals surface area contributed by atoms with Crippen LogP contribution >= 0.6 is 0 Å². The molecule has 0 aromatic carbocycles. The monoisotopic (exact) mass is 126 g/mol. The zero-order valence-corrected chi connectivity index (χ0v) is 5.71. The number of rotatable bonds is 0. The molecule has 0 saturated carbocycles. The number of nitrogens with two attached hydrogens (primary N) is 1. The molecular formula is C7H14N2. The van der Waals surface area contributed by atoms with Crippen LogP contribution in [-0.2, 0) is 0 Å². The molecule has 0 radical (unpaired) electrons. The lowest BCUT2D eigenvalue weighted by atomic mass is 9.98. The van der Waals surface area contributed by atoms with Crippen LogP contribution in [-0.4, -0.2) is 30.6 Å². The van der Waals surface area contributed by atoms with Crippen molar-refractivity contribution in [2.75, 3.05) is 19.6 Å². The Kier molecular flexibility index (Phi) is 1.24. The van der Waals surface area contributed by atoms with Gasteiger partial charge in [0.25, 0.3) is 0 Å². The molecule has 0 aliphatic carbocycles. The van der Waals surface area contributed by atoms with Crippen LogP contribution in [0.1, 0.15) is 12.8 Å². The van der Waals surface area contributed by atoms with E-state index in [-0.39, 0.29) is 0 Å². The Morgan fingerprint density at radius 3 is 2.89 bits per heavy atom. The summed E-state index contributed by atoms with van der Waals surface area (Å²) in [4.78, 5) is 2.48. The van der Waals surface area contributed by atoms with Gasteiger partial charge in [0.05, 0.1) is 0 Å². The molecule has 2 fully saturated rings. The Balaban J connectivity index is 2.07. The first-order chi connectivity index (χ1) is 4.36. The molecule has 3 atom stereocenters. The summed E-state index contributed by atoms with van der Waals surface area (Å²) in [7, 11) is 0. The molecule has 2 aliphatic rings. The molecule has 0 aromatic rings. The standard InChI is InChI=1S/C7H14N2/c8-7-5-9-3-1-2-6(7)4-9/h6-7H,1-5,8H2/t6-,7+/m0/s1. The van der Waals surface area contributed by atoms with E-state index in [0.29, 0.717) is 6.04 Å². The van der Waals surface area contributed by atoms with Gasteiger partial charge in [0, 0.05) is 19.1 Å². The average Bonchev–Trinajstić information content (AvgIpc) is 2.09. The van der Waals surface area contributed by atoms with Crippen LogP contribution in [0.3, 0.4) is 0 Å². The summed E-state index contributed by atoms with van der Waals surface area (Å²) in [5, 5.41) is 0. The fourth-order valence-corrected chi connectivity index (χ4v) is 2.05. The second-order valence-electron chi connectivity index (χ2n) is 3.33. The SMILES string of the molecule is N[C@@H]1CN2CCC[C@H]1C2. The molecule has 2 nitrogen and oxygen atoms in total. The van der Waals surface area contributed by atoms with E-state index >= 15 is 0 Å². The minimum atomic E-state index is 0.493. The van der Waals surface area contributed by atoms with E-state index in [0.717, 1.165) is 12.5 Å². The first-order valence-electron chi connectivity index (χ1n) is 3.84. The molecule has 0 amide bonds. The molecule has 2 bridgehead atoms. The number of nitrogens with zero attached hydrogens (tertiary/aromatic N) is 1. The van der Waals surface area contributed by atoms with E-state index < -0.39 is 0 Å². The van der Waals surface area contributed by atoms with Crippen LogP contribution < -0.4 is 5.73 Å². The third-order valence-electron chi connectivity index (χ3n) is 2.62. The first-order valence-corrected chi connectivity index (χ1v) is 3.84. The lowest BCUT2D eigenvalue weighted by molar-refractivity contribution is 0.269. The minimum Gasteiger partial charge on any atom is -0.326 e. The second kappa shape index (κ2) is 1.96. The topological polar surface area (TPSA) is 29.3 Å². The summed E-state index contributed by atoms with van der Waals surface area (Å²) in [6, 6.07) is 0.493. The highest BCUT2D eigenvalue weighted by molar-refractivity contribution is 4.89. The Morgan fingerprint density at radius 1 is 1.33 bits per heavy atom. The van der Waals surface area contributed by atoms with Crippen molar-refractivity contribution in [3.05, 3.63) is 0 Å². The van der Waals surface area contributed by atoms with Crippen molar-refractivity contribution >= 4 is 0 Å². The molecule has 0 aromatic heterocycles. The zero-order valence-electron chi connectivity index (χ0n) is 5.71. The fraction of sp³-hybridized carbons (Fsp3) is 1.00. The third-order valence-corrected chi connectivity index (χ3v) is 2.62. The molecule has 2 heteroatoms. The maximum absolute atomic E-state index is 5.88. The Bertz CT molecular complexity index is 111. The van der Waals surface area contributed by atoms with E-state index in [1.54, 1.807) is 0 Å². The number of piperidine rings is 1. The lowest BCUT2D eigenvalue weighted by Crippen LogP contribution is -2.27. The van der Waals surface area contributed by atoms with Crippen LogP contribution in [0.15, 0.2) is 0 Å². The zero-order chi connectivity index (χ0) is 6.27. The highest BCUT2D eigenvalue weighted by Gasteiger charge is 2.32. The summed E-state index contributed by atoms with van der Waals surface area (Å²) in [5.41, 5.74) is 5.88. The molecule has 2 saturated heterocycles. The van der Waals surface area contributed by atoms with E-state index in [4.69, 9.17) is 5.73 Å². The van der Waals surface area contributed by atoms with Crippen molar-refractivity contribution in [2.45, 2.75) is 18.9 Å². The Labute approximate surface area is 56.0 Å². The van der Waals surface area contributed by atoms with Crippen molar-refractivity contribution in [2.24, 2.45) is 11.7 Å². The highest BCUT2D eigenvalue weighted by Crippen LogP contribution is 2.25. The van der Waals surface area contributed by atoms with Gasteiger partial charge in [-0.15, -0.1) is 0 Å². The van der Waals surface area contributed by atoms with Crippen molar-refractivity contribution in [3.8, 4) is 0 Å². The smallest absolute Gasteiger partial charge is 0.0208 e. The van der Waals surface area contributed by atoms with Gasteiger partial charge in [-0.05, 0) is 25.3 Å². The van der Waals surface area contributed by atoms with Gasteiger partial charge in [0.2, 0.25) is 0 Å². The molecule has 2 aliphatic heterocycles. The summed E-state index contributed by atoms with van der Waals surface area (Å²) in [6.07, 6.45) is 2.75. The van der Waals surface area contributed by atoms with Crippen LogP contribution in [0.2, 0.25) is 0 Å². The summed E-state index contributed by atoms with van der Waals surface area (Å²) in [6.45, 7) is 3.73. The van der Waals surface area contributed by atoms with Gasteiger partial charge >= 0.3 is 0 Å². The van der Waals surface area contributed by atoms with E-state index in [1.165, 1.54) is 25.9 Å². The summed E-state index contributed by atoms with van der Waals surface area (Å²) >= 11 is 0. The quantitative estimate of drug-likeness (QED) is 0.496. The van der Waals surface area contributed by atoms with Crippen LogP contribution in [0.5, 0.6) is 0 Å². The van der Waals surface area contributed by atoms with Crippen LogP contribution in [0, 0.1) is 5.92 Å². The first kappa shape index (κ1) is 5.69. The molecule has 2 N–H and O–H groups in total. The molecule has 52 valence electrons. The minimum absolute atomic E-state index is 0.493. The van der Waals surface area contributed by atoms with Gasteiger partial charge in [-0.3, -0.25) is 0 Å². The summed E-state index contributed by atoms with van der Waals surface area (Å²) in [5.74, 6) is 0.832. The third kappa shape index (κ3) is 0.864. The molecule has 2 rings (SSSR count). The van der Waals surface area contributed by atoms with Crippen LogP contribution in [0.4, 0.5) is 0 Å². The fourth-order valence-electron chi connectivity index (χ4n) is 2.05. The average molecular weight is 126 g/mol. The molecule has 2 heterocycles. The summed E-state index contributed by atoms with van der Waals surface area (Å²) < 4.78 is 0. The van der Waals surface area contributed by atoms with Crippen molar-refractivity contribution in [3.63, 3.8) is 0 Å².